The monoisotopic (exact) mass is 1140 g/mol. The molecule has 0 aromatic heterocycles. The lowest BCUT2D eigenvalue weighted by Crippen LogP contribution is -2.65. The number of halogens is 10. The molecule has 3 saturated heterocycles. The highest BCUT2D eigenvalue weighted by atomic mass is 19.4. The Morgan fingerprint density at radius 2 is 1.09 bits per heavy atom. The number of aliphatic hydroxyl groups is 3. The summed E-state index contributed by atoms with van der Waals surface area (Å²) in [5.41, 5.74) is -7.85. The lowest BCUT2D eigenvalue weighted by atomic mass is 9.49. The summed E-state index contributed by atoms with van der Waals surface area (Å²) in [5.74, 6) is -14.2. The number of ether oxygens (including phenoxy) is 7. The first-order valence-electron chi connectivity index (χ1n) is 28.3. The number of fused-ring (bicyclic) bond motifs is 7. The van der Waals surface area contributed by atoms with Crippen LogP contribution in [0.5, 0.6) is 0 Å². The molecule has 8 aliphatic carbocycles. The molecule has 1 aromatic carbocycles. The third-order valence-electron chi connectivity index (χ3n) is 22.3. The summed E-state index contributed by atoms with van der Waals surface area (Å²) < 4.78 is 184. The van der Waals surface area contributed by atoms with Crippen LogP contribution in [0.15, 0.2) is 47.1 Å². The highest BCUT2D eigenvalue weighted by Gasteiger charge is 2.83. The van der Waals surface area contributed by atoms with Gasteiger partial charge in [-0.2, -0.15) is 43.9 Å². The Labute approximate surface area is 455 Å². The minimum atomic E-state index is -5.90. The summed E-state index contributed by atoms with van der Waals surface area (Å²) in [6.45, 7) is 13.3. The number of allylic oxidation sites excluding steroid dienone is 2. The molecule has 3 heterocycles. The molecule has 20 heteroatoms. The molecule has 11 aliphatic rings. The van der Waals surface area contributed by atoms with Crippen molar-refractivity contribution in [1.29, 1.82) is 0 Å². The van der Waals surface area contributed by atoms with Crippen molar-refractivity contribution >= 4 is 0 Å². The van der Waals surface area contributed by atoms with Crippen LogP contribution in [0.1, 0.15) is 168 Å². The second kappa shape index (κ2) is 18.1. The quantitative estimate of drug-likeness (QED) is 0.110. The molecule has 3 unspecified atom stereocenters. The van der Waals surface area contributed by atoms with Gasteiger partial charge in [0.1, 0.15) is 22.4 Å². The van der Waals surface area contributed by atoms with Crippen molar-refractivity contribution < 1.29 is 92.4 Å². The Balaban J connectivity index is 0.000000173. The van der Waals surface area contributed by atoms with E-state index in [1.165, 1.54) is 28.1 Å². The van der Waals surface area contributed by atoms with Gasteiger partial charge in [0.25, 0.3) is 0 Å². The average molecular weight is 1140 g/mol. The molecule has 0 bridgehead atoms. The van der Waals surface area contributed by atoms with Crippen LogP contribution in [-0.2, 0) is 33.2 Å². The van der Waals surface area contributed by atoms with Crippen molar-refractivity contribution in [3.8, 4) is 0 Å². The SMILES string of the molecule is CC1(C)COC2(CC[C@]34OC3(CC[C@@H]3C4=CC[C@@]4(C)[C@H]3CC[C@@]4(O)C(F)(F)C(F)(F)F)C2)OC1.COC(OC)c1ccc([C@H]2C[C@@]3(C)C(CC[C@@]3(O)C(F)(F)C(F)(F)F)C3CC[C@@]4(O)CC5(CCC4=C32)OCC(C)(C)CO5)cc1. The molecule has 79 heavy (non-hydrogen) atoms. The Kier molecular flexibility index (Phi) is 13.4. The topological polar surface area (TPSA) is 129 Å². The maximum Gasteiger partial charge on any atom is 0.456 e. The van der Waals surface area contributed by atoms with Gasteiger partial charge >= 0.3 is 24.2 Å². The molecule has 3 N–H and O–H groups in total. The van der Waals surface area contributed by atoms with Crippen molar-refractivity contribution in [2.75, 3.05) is 40.6 Å². The second-order valence-electron chi connectivity index (χ2n) is 27.9. The smallest absolute Gasteiger partial charge is 0.385 e. The largest absolute Gasteiger partial charge is 0.456 e. The van der Waals surface area contributed by atoms with E-state index in [9.17, 15) is 50.4 Å². The van der Waals surface area contributed by atoms with Gasteiger partial charge in [-0.25, -0.2) is 0 Å². The van der Waals surface area contributed by atoms with Gasteiger partial charge in [-0.3, -0.25) is 0 Å². The zero-order chi connectivity index (χ0) is 57.5. The van der Waals surface area contributed by atoms with E-state index in [1.54, 1.807) is 12.1 Å². The fourth-order valence-corrected chi connectivity index (χ4v) is 17.9. The summed E-state index contributed by atoms with van der Waals surface area (Å²) in [6.07, 6.45) is -6.48. The maximum atomic E-state index is 15.3. The lowest BCUT2D eigenvalue weighted by molar-refractivity contribution is -0.362. The Bertz CT molecular complexity index is 2600. The van der Waals surface area contributed by atoms with Gasteiger partial charge < -0.3 is 48.5 Å². The molecule has 12 atom stereocenters. The highest BCUT2D eigenvalue weighted by Crippen LogP contribution is 2.76. The number of alkyl halides is 10. The molecule has 1 aromatic rings. The molecule has 0 amide bonds. The number of hydrogen-bond donors (Lipinski definition) is 3. The summed E-state index contributed by atoms with van der Waals surface area (Å²) >= 11 is 0. The normalized spacial score (nSPS) is 42.6. The van der Waals surface area contributed by atoms with E-state index >= 15 is 8.78 Å². The molecule has 0 radical (unpaired) electrons. The van der Waals surface area contributed by atoms with E-state index in [0.717, 1.165) is 22.3 Å². The number of hydrogen-bond acceptors (Lipinski definition) is 10. The lowest BCUT2D eigenvalue weighted by Gasteiger charge is -2.59. The fourth-order valence-electron chi connectivity index (χ4n) is 17.9. The fraction of sp³-hybridized carbons (Fsp3) is 0.831. The zero-order valence-corrected chi connectivity index (χ0v) is 46.5. The standard InChI is InChI=1S/C34H45F5O6.C25H33F5O4/c1-28(2)18-44-31(45-19-28)14-11-25-26-22(10-13-30(25,40)17-31)24-12-15-32(41,33(35,36)34(37,38)39)29(24,3)16-23(26)20-6-8-21(9-7-20)27(42-4)43-5;1-18(2)13-32-21(33-14-18)10-11-22-17-5-7-19(3)16(15(17)4-8-20(22,12-21)34-22)6-9-23(19,31)24(26,27)25(28,29)30/h6-9,22-24,27,40-41H,10-19H2,1-5H3;5,15-16,31H,4,6-14H2,1-3H3/t22?,23-,24?,29+,30-,32+;15-,16-,19-,20?,22+,23-/m10/s1. The Hall–Kier alpha value is -2.40. The van der Waals surface area contributed by atoms with Gasteiger partial charge in [0.2, 0.25) is 0 Å². The predicted molar refractivity (Wildman–Crippen MR) is 265 cm³/mol. The number of epoxide rings is 1. The van der Waals surface area contributed by atoms with Crippen molar-refractivity contribution in [1.82, 2.24) is 0 Å². The van der Waals surface area contributed by atoms with E-state index < -0.39 is 111 Å². The molecule has 9 fully saturated rings. The predicted octanol–water partition coefficient (Wildman–Crippen LogP) is 12.7. The molecular formula is C59H78F10O10. The zero-order valence-electron chi connectivity index (χ0n) is 46.5. The number of benzene rings is 1. The van der Waals surface area contributed by atoms with Crippen LogP contribution in [0.3, 0.4) is 0 Å². The van der Waals surface area contributed by atoms with E-state index in [4.69, 9.17) is 33.2 Å². The Morgan fingerprint density at radius 3 is 1.62 bits per heavy atom. The minimum absolute atomic E-state index is 0.0147. The van der Waals surface area contributed by atoms with Gasteiger partial charge in [0, 0.05) is 73.0 Å². The third kappa shape index (κ3) is 8.26. The first-order valence-corrected chi connectivity index (χ1v) is 28.3. The van der Waals surface area contributed by atoms with Crippen LogP contribution in [0.2, 0.25) is 0 Å². The van der Waals surface area contributed by atoms with Crippen LogP contribution in [-0.4, -0.2) is 120 Å². The molecule has 12 rings (SSSR count). The van der Waals surface area contributed by atoms with E-state index in [0.29, 0.717) is 89.8 Å². The van der Waals surface area contributed by atoms with Crippen LogP contribution in [0.25, 0.3) is 0 Å². The molecular weight excluding hydrogens is 1060 g/mol. The average Bonchev–Trinajstić information content (AvgIpc) is 2.14. The van der Waals surface area contributed by atoms with Crippen LogP contribution >= 0.6 is 0 Å². The molecule has 10 nitrogen and oxygen atoms in total. The van der Waals surface area contributed by atoms with E-state index in [-0.39, 0.29) is 54.8 Å². The van der Waals surface area contributed by atoms with Crippen LogP contribution in [0.4, 0.5) is 43.9 Å². The van der Waals surface area contributed by atoms with Crippen molar-refractivity contribution in [3.63, 3.8) is 0 Å². The molecule has 444 valence electrons. The number of methoxy groups -OCH3 is 2. The summed E-state index contributed by atoms with van der Waals surface area (Å²) in [6, 6.07) is 7.23. The van der Waals surface area contributed by atoms with Crippen LogP contribution < -0.4 is 0 Å². The maximum absolute atomic E-state index is 15.3. The van der Waals surface area contributed by atoms with Crippen molar-refractivity contribution in [2.45, 2.75) is 220 Å². The van der Waals surface area contributed by atoms with E-state index in [2.05, 4.69) is 27.7 Å². The summed E-state index contributed by atoms with van der Waals surface area (Å²) in [5, 5.41) is 34.8. The van der Waals surface area contributed by atoms with Crippen molar-refractivity contribution in [2.24, 2.45) is 45.3 Å². The molecule has 2 spiro atoms. The van der Waals surface area contributed by atoms with Gasteiger partial charge in [-0.1, -0.05) is 77.5 Å². The first-order chi connectivity index (χ1) is 36.4. The van der Waals surface area contributed by atoms with E-state index in [1.807, 2.05) is 18.2 Å². The third-order valence-corrected chi connectivity index (χ3v) is 22.3. The second-order valence-corrected chi connectivity index (χ2v) is 27.9. The van der Waals surface area contributed by atoms with Gasteiger partial charge in [-0.05, 0) is 117 Å². The minimum Gasteiger partial charge on any atom is -0.385 e. The summed E-state index contributed by atoms with van der Waals surface area (Å²) in [4.78, 5) is 0. The van der Waals surface area contributed by atoms with Crippen LogP contribution in [0, 0.1) is 45.3 Å². The van der Waals surface area contributed by atoms with Gasteiger partial charge in [0.05, 0.1) is 32.0 Å². The van der Waals surface area contributed by atoms with Crippen molar-refractivity contribution in [3.05, 3.63) is 58.2 Å². The molecule has 6 saturated carbocycles. The summed E-state index contributed by atoms with van der Waals surface area (Å²) in [7, 11) is 3.00. The Morgan fingerprint density at radius 1 is 0.582 bits per heavy atom. The van der Waals surface area contributed by atoms with Gasteiger partial charge in [-0.15, -0.1) is 0 Å². The van der Waals surface area contributed by atoms with Gasteiger partial charge in [0.15, 0.2) is 17.9 Å². The highest BCUT2D eigenvalue weighted by molar-refractivity contribution is 5.46. The molecule has 3 aliphatic heterocycles. The number of rotatable bonds is 6. The first kappa shape index (κ1) is 58.4.